The Hall–Kier alpha value is -2.14. The van der Waals surface area contributed by atoms with E-state index in [0.717, 1.165) is 5.56 Å². The Kier molecular flexibility index (Phi) is 2.19. The zero-order valence-electron chi connectivity index (χ0n) is 8.71. The normalized spacial score (nSPS) is 10.9. The van der Waals surface area contributed by atoms with Crippen LogP contribution in [0.3, 0.4) is 0 Å². The lowest BCUT2D eigenvalue weighted by Crippen LogP contribution is -1.94. The minimum atomic E-state index is 0.535. The van der Waals surface area contributed by atoms with Crippen LogP contribution in [-0.4, -0.2) is 19.8 Å². The van der Waals surface area contributed by atoms with Crippen molar-refractivity contribution in [1.29, 1.82) is 0 Å². The minimum absolute atomic E-state index is 0.535. The van der Waals surface area contributed by atoms with Gasteiger partial charge in [0.1, 0.15) is 5.69 Å². The van der Waals surface area contributed by atoms with Gasteiger partial charge in [-0.1, -0.05) is 35.0 Å². The molecule has 3 rings (SSSR count). The van der Waals surface area contributed by atoms with Crippen molar-refractivity contribution in [2.75, 3.05) is 5.73 Å². The van der Waals surface area contributed by atoms with Gasteiger partial charge in [0.05, 0.1) is 23.1 Å². The fourth-order valence-electron chi connectivity index (χ4n) is 1.63. The fourth-order valence-corrected chi connectivity index (χ4v) is 1.86. The lowest BCUT2D eigenvalue weighted by atomic mass is 10.1. The third-order valence-corrected chi connectivity index (χ3v) is 2.74. The Morgan fingerprint density at radius 2 is 2.06 bits per heavy atom. The largest absolute Gasteiger partial charge is 0.396 e. The summed E-state index contributed by atoms with van der Waals surface area (Å²) in [5, 5.41) is 8.66. The molecule has 0 bridgehead atoms. The topological polar surface area (TPSA) is 69.1 Å². The highest BCUT2D eigenvalue weighted by Crippen LogP contribution is 2.28. The average Bonchev–Trinajstić information content (AvgIpc) is 2.72. The molecule has 0 aliphatic heterocycles. The minimum Gasteiger partial charge on any atom is -0.396 e. The Balaban J connectivity index is 2.29. The summed E-state index contributed by atoms with van der Waals surface area (Å²) in [5.41, 5.74) is 8.25. The molecule has 0 unspecified atom stereocenters. The first-order chi connectivity index (χ1) is 8.25. The molecule has 3 aromatic rings. The molecule has 0 fully saturated rings. The summed E-state index contributed by atoms with van der Waals surface area (Å²) in [7, 11) is 0. The van der Waals surface area contributed by atoms with Crippen molar-refractivity contribution < 1.29 is 0 Å². The van der Waals surface area contributed by atoms with Crippen molar-refractivity contribution in [3.63, 3.8) is 0 Å². The van der Waals surface area contributed by atoms with Crippen LogP contribution in [0.4, 0.5) is 5.69 Å². The summed E-state index contributed by atoms with van der Waals surface area (Å²) < 4.78 is 1.54. The van der Waals surface area contributed by atoms with Gasteiger partial charge in [-0.15, -0.1) is 5.10 Å². The van der Waals surface area contributed by atoms with E-state index in [1.54, 1.807) is 18.5 Å². The maximum atomic E-state index is 6.12. The first-order valence-electron chi connectivity index (χ1n) is 4.97. The number of anilines is 1. The van der Waals surface area contributed by atoms with Crippen LogP contribution in [0.15, 0.2) is 36.7 Å². The van der Waals surface area contributed by atoms with Gasteiger partial charge in [0.15, 0.2) is 5.65 Å². The lowest BCUT2D eigenvalue weighted by molar-refractivity contribution is 0.849. The molecule has 0 spiro atoms. The molecule has 2 N–H and O–H groups in total. The van der Waals surface area contributed by atoms with Crippen molar-refractivity contribution in [3.8, 4) is 11.3 Å². The van der Waals surface area contributed by atoms with Crippen LogP contribution in [0, 0.1) is 0 Å². The predicted molar refractivity (Wildman–Crippen MR) is 65.6 cm³/mol. The van der Waals surface area contributed by atoms with E-state index in [-0.39, 0.29) is 0 Å². The average molecular weight is 246 g/mol. The van der Waals surface area contributed by atoms with Crippen molar-refractivity contribution >= 4 is 22.9 Å². The second kappa shape index (κ2) is 3.71. The summed E-state index contributed by atoms with van der Waals surface area (Å²) in [4.78, 5) is 4.21. The predicted octanol–water partition coefficient (Wildman–Crippen LogP) is 2.03. The van der Waals surface area contributed by atoms with E-state index in [0.29, 0.717) is 22.1 Å². The summed E-state index contributed by atoms with van der Waals surface area (Å²) in [6, 6.07) is 7.44. The molecular weight excluding hydrogens is 238 g/mol. The number of fused-ring (bicyclic) bond motifs is 1. The summed E-state index contributed by atoms with van der Waals surface area (Å²) in [6.45, 7) is 0. The molecular formula is C11H8ClN5. The number of nitrogen functional groups attached to an aromatic ring is 1. The van der Waals surface area contributed by atoms with Crippen molar-refractivity contribution in [3.05, 3.63) is 41.7 Å². The molecule has 84 valence electrons. The third-order valence-electron chi connectivity index (χ3n) is 2.41. The molecule has 0 atom stereocenters. The number of nitrogens with zero attached hydrogens (tertiary/aromatic N) is 4. The van der Waals surface area contributed by atoms with Crippen LogP contribution in [0.1, 0.15) is 0 Å². The number of rotatable bonds is 1. The van der Waals surface area contributed by atoms with Crippen molar-refractivity contribution in [2.45, 2.75) is 0 Å². The quantitative estimate of drug-likeness (QED) is 0.712. The second-order valence-electron chi connectivity index (χ2n) is 3.57. The Labute approximate surface area is 102 Å². The van der Waals surface area contributed by atoms with Gasteiger partial charge in [-0.05, 0) is 6.07 Å². The second-order valence-corrected chi connectivity index (χ2v) is 3.98. The molecule has 0 aliphatic carbocycles. The van der Waals surface area contributed by atoms with Gasteiger partial charge in [0.25, 0.3) is 0 Å². The highest BCUT2D eigenvalue weighted by atomic mass is 35.5. The maximum Gasteiger partial charge on any atom is 0.183 e. The van der Waals surface area contributed by atoms with Gasteiger partial charge in [0.2, 0.25) is 0 Å². The lowest BCUT2D eigenvalue weighted by Gasteiger charge is -1.99. The number of benzene rings is 1. The smallest absolute Gasteiger partial charge is 0.183 e. The zero-order chi connectivity index (χ0) is 11.8. The van der Waals surface area contributed by atoms with E-state index in [2.05, 4.69) is 15.3 Å². The number of hydrogen-bond acceptors (Lipinski definition) is 4. The Morgan fingerprint density at radius 1 is 1.24 bits per heavy atom. The third kappa shape index (κ3) is 1.60. The van der Waals surface area contributed by atoms with Crippen LogP contribution in [0.5, 0.6) is 0 Å². The van der Waals surface area contributed by atoms with Crippen molar-refractivity contribution in [2.24, 2.45) is 0 Å². The SMILES string of the molecule is Nc1cnc2c(-c3ccccc3Cl)nnn2c1. The molecule has 0 amide bonds. The van der Waals surface area contributed by atoms with Crippen molar-refractivity contribution in [1.82, 2.24) is 19.8 Å². The molecule has 5 nitrogen and oxygen atoms in total. The summed E-state index contributed by atoms with van der Waals surface area (Å²) in [5.74, 6) is 0. The Bertz CT molecular complexity index is 691. The van der Waals surface area contributed by atoms with Crippen LogP contribution < -0.4 is 5.73 Å². The first kappa shape index (κ1) is 10.0. The molecule has 0 saturated heterocycles. The van der Waals surface area contributed by atoms with Crippen LogP contribution in [-0.2, 0) is 0 Å². The molecule has 17 heavy (non-hydrogen) atoms. The molecule has 0 saturated carbocycles. The van der Waals surface area contributed by atoms with E-state index >= 15 is 0 Å². The number of aromatic nitrogens is 4. The zero-order valence-corrected chi connectivity index (χ0v) is 9.46. The summed E-state index contributed by atoms with van der Waals surface area (Å²) in [6.07, 6.45) is 3.23. The summed E-state index contributed by atoms with van der Waals surface area (Å²) >= 11 is 6.12. The van der Waals surface area contributed by atoms with E-state index in [1.165, 1.54) is 4.52 Å². The van der Waals surface area contributed by atoms with E-state index in [1.807, 2.05) is 18.2 Å². The van der Waals surface area contributed by atoms with Gasteiger partial charge in [0, 0.05) is 5.56 Å². The highest BCUT2D eigenvalue weighted by molar-refractivity contribution is 6.33. The van der Waals surface area contributed by atoms with Crippen LogP contribution in [0.2, 0.25) is 5.02 Å². The molecule has 6 heteroatoms. The van der Waals surface area contributed by atoms with E-state index in [4.69, 9.17) is 17.3 Å². The monoisotopic (exact) mass is 245 g/mol. The number of hydrogen-bond donors (Lipinski definition) is 1. The molecule has 0 aliphatic rings. The van der Waals surface area contributed by atoms with Crippen LogP contribution >= 0.6 is 11.6 Å². The first-order valence-corrected chi connectivity index (χ1v) is 5.35. The van der Waals surface area contributed by atoms with Gasteiger partial charge >= 0.3 is 0 Å². The van der Waals surface area contributed by atoms with Gasteiger partial charge in [-0.2, -0.15) is 4.52 Å². The van der Waals surface area contributed by atoms with Gasteiger partial charge in [-0.25, -0.2) is 4.98 Å². The van der Waals surface area contributed by atoms with E-state index in [9.17, 15) is 0 Å². The number of nitrogens with two attached hydrogens (primary N) is 1. The van der Waals surface area contributed by atoms with Gasteiger partial charge in [-0.3, -0.25) is 0 Å². The fraction of sp³-hybridized carbons (Fsp3) is 0. The molecule has 2 aromatic heterocycles. The standard InChI is InChI=1S/C11H8ClN5/c12-9-4-2-1-3-8(9)10-11-14-5-7(13)6-17(11)16-15-10/h1-6H,13H2. The van der Waals surface area contributed by atoms with E-state index < -0.39 is 0 Å². The number of halogens is 1. The van der Waals surface area contributed by atoms with Crippen LogP contribution in [0.25, 0.3) is 16.9 Å². The maximum absolute atomic E-state index is 6.12. The molecule has 1 aromatic carbocycles. The Morgan fingerprint density at radius 3 is 2.88 bits per heavy atom. The molecule has 0 radical (unpaired) electrons. The molecule has 2 heterocycles. The highest BCUT2D eigenvalue weighted by Gasteiger charge is 2.12. The van der Waals surface area contributed by atoms with Gasteiger partial charge < -0.3 is 5.73 Å².